The number of hydrogen-bond acceptors (Lipinski definition) is 2. The number of aryl methyl sites for hydroxylation is 2. The second-order valence-electron chi connectivity index (χ2n) is 5.20. The quantitative estimate of drug-likeness (QED) is 0.908. The molecule has 0 spiro atoms. The Kier molecular flexibility index (Phi) is 4.82. The minimum absolute atomic E-state index is 0.359. The van der Waals surface area contributed by atoms with Crippen LogP contribution in [0, 0.1) is 13.8 Å². The third-order valence-corrected chi connectivity index (χ3v) is 4.88. The average Bonchev–Trinajstić information content (AvgIpc) is 2.85. The fraction of sp³-hybridized carbons (Fsp3) is 0.600. The lowest BCUT2D eigenvalue weighted by atomic mass is 9.98. The molecule has 1 aromatic rings. The van der Waals surface area contributed by atoms with E-state index in [2.05, 4.69) is 41.9 Å². The lowest BCUT2D eigenvalue weighted by molar-refractivity contribution is 0.0812. The summed E-state index contributed by atoms with van der Waals surface area (Å²) in [4.78, 5) is 0. The first-order valence-corrected chi connectivity index (χ1v) is 7.43. The highest BCUT2D eigenvalue weighted by Gasteiger charge is 2.18. The van der Waals surface area contributed by atoms with E-state index >= 15 is 0 Å². The highest BCUT2D eigenvalue weighted by atomic mass is 79.9. The van der Waals surface area contributed by atoms with Crippen LogP contribution in [0.25, 0.3) is 0 Å². The molecule has 1 aliphatic heterocycles. The smallest absolute Gasteiger partial charge is 0.0791 e. The second-order valence-corrected chi connectivity index (χ2v) is 5.99. The summed E-state index contributed by atoms with van der Waals surface area (Å²) in [5, 5.41) is 10.2. The summed E-state index contributed by atoms with van der Waals surface area (Å²) in [5.74, 6) is 0. The van der Waals surface area contributed by atoms with Crippen LogP contribution < -0.4 is 0 Å². The predicted molar refractivity (Wildman–Crippen MR) is 76.8 cm³/mol. The molecule has 0 aromatic heterocycles. The van der Waals surface area contributed by atoms with Crippen molar-refractivity contribution in [2.24, 2.45) is 0 Å². The van der Waals surface area contributed by atoms with Gasteiger partial charge in [0.05, 0.1) is 12.2 Å². The topological polar surface area (TPSA) is 29.5 Å². The molecular formula is C15H21BrO2. The minimum atomic E-state index is -0.375. The number of rotatable bonds is 4. The molecule has 100 valence electrons. The van der Waals surface area contributed by atoms with Crippen molar-refractivity contribution in [2.45, 2.75) is 51.7 Å². The standard InChI is InChI=1S/C15H21BrO2/c1-10-8-12(9-11(2)15(10)16)14(17)6-5-13-4-3-7-18-13/h8-9,13-14,17H,3-7H2,1-2H3. The largest absolute Gasteiger partial charge is 0.388 e. The number of ether oxygens (including phenoxy) is 1. The Morgan fingerprint density at radius 2 is 2.06 bits per heavy atom. The third kappa shape index (κ3) is 3.34. The van der Waals surface area contributed by atoms with E-state index in [9.17, 15) is 5.11 Å². The lowest BCUT2D eigenvalue weighted by Crippen LogP contribution is -2.08. The van der Waals surface area contributed by atoms with E-state index < -0.39 is 0 Å². The molecule has 0 bridgehead atoms. The summed E-state index contributed by atoms with van der Waals surface area (Å²) >= 11 is 3.55. The lowest BCUT2D eigenvalue weighted by Gasteiger charge is -2.16. The van der Waals surface area contributed by atoms with Gasteiger partial charge in [-0.1, -0.05) is 28.1 Å². The molecule has 2 atom stereocenters. The highest BCUT2D eigenvalue weighted by molar-refractivity contribution is 9.10. The first kappa shape index (κ1) is 14.0. The molecule has 1 N–H and O–H groups in total. The van der Waals surface area contributed by atoms with Crippen LogP contribution in [-0.2, 0) is 4.74 Å². The average molecular weight is 313 g/mol. The summed E-state index contributed by atoms with van der Waals surface area (Å²) in [7, 11) is 0. The number of halogens is 1. The third-order valence-electron chi connectivity index (χ3n) is 3.63. The Morgan fingerprint density at radius 3 is 2.61 bits per heavy atom. The molecule has 0 amide bonds. The maximum atomic E-state index is 10.2. The van der Waals surface area contributed by atoms with Crippen LogP contribution in [0.3, 0.4) is 0 Å². The summed E-state index contributed by atoms with van der Waals surface area (Å²) in [6, 6.07) is 4.13. The number of benzene rings is 1. The van der Waals surface area contributed by atoms with Crippen molar-refractivity contribution < 1.29 is 9.84 Å². The van der Waals surface area contributed by atoms with E-state index in [1.165, 1.54) is 11.1 Å². The minimum Gasteiger partial charge on any atom is -0.388 e. The molecule has 1 fully saturated rings. The number of aliphatic hydroxyl groups is 1. The van der Waals surface area contributed by atoms with E-state index in [0.29, 0.717) is 6.10 Å². The van der Waals surface area contributed by atoms with Crippen LogP contribution >= 0.6 is 15.9 Å². The van der Waals surface area contributed by atoms with Crippen molar-refractivity contribution in [3.8, 4) is 0 Å². The van der Waals surface area contributed by atoms with E-state index in [1.54, 1.807) is 0 Å². The Labute approximate surface area is 117 Å². The van der Waals surface area contributed by atoms with Gasteiger partial charge >= 0.3 is 0 Å². The van der Waals surface area contributed by atoms with Crippen LogP contribution in [0.4, 0.5) is 0 Å². The van der Waals surface area contributed by atoms with Crippen molar-refractivity contribution >= 4 is 15.9 Å². The second kappa shape index (κ2) is 6.18. The van der Waals surface area contributed by atoms with Crippen LogP contribution in [0.1, 0.15) is 48.5 Å². The zero-order valence-electron chi connectivity index (χ0n) is 11.1. The van der Waals surface area contributed by atoms with Gasteiger partial charge in [-0.2, -0.15) is 0 Å². The van der Waals surface area contributed by atoms with Gasteiger partial charge in [-0.05, 0) is 56.2 Å². The van der Waals surface area contributed by atoms with E-state index in [-0.39, 0.29) is 6.10 Å². The Hall–Kier alpha value is -0.380. The molecule has 1 saturated heterocycles. The van der Waals surface area contributed by atoms with Gasteiger partial charge in [0, 0.05) is 11.1 Å². The molecule has 1 aromatic carbocycles. The van der Waals surface area contributed by atoms with Crippen molar-refractivity contribution in [1.29, 1.82) is 0 Å². The zero-order chi connectivity index (χ0) is 13.1. The van der Waals surface area contributed by atoms with Gasteiger partial charge in [0.25, 0.3) is 0 Å². The summed E-state index contributed by atoms with van der Waals surface area (Å²) in [6.45, 7) is 5.01. The van der Waals surface area contributed by atoms with E-state index in [1.807, 2.05) is 0 Å². The molecule has 0 saturated carbocycles. The zero-order valence-corrected chi connectivity index (χ0v) is 12.7. The van der Waals surface area contributed by atoms with Crippen LogP contribution in [0.2, 0.25) is 0 Å². The molecule has 3 heteroatoms. The normalized spacial score (nSPS) is 21.2. The molecule has 2 unspecified atom stereocenters. The number of hydrogen-bond donors (Lipinski definition) is 1. The molecule has 2 nitrogen and oxygen atoms in total. The van der Waals surface area contributed by atoms with Crippen molar-refractivity contribution in [2.75, 3.05) is 6.61 Å². The van der Waals surface area contributed by atoms with Crippen LogP contribution in [-0.4, -0.2) is 17.8 Å². The number of aliphatic hydroxyl groups excluding tert-OH is 1. The molecule has 0 aliphatic carbocycles. The molecule has 0 radical (unpaired) electrons. The molecule has 2 rings (SSSR count). The van der Waals surface area contributed by atoms with Crippen molar-refractivity contribution in [3.05, 3.63) is 33.3 Å². The van der Waals surface area contributed by atoms with Crippen LogP contribution in [0.5, 0.6) is 0 Å². The van der Waals surface area contributed by atoms with Crippen molar-refractivity contribution in [1.82, 2.24) is 0 Å². The van der Waals surface area contributed by atoms with Crippen molar-refractivity contribution in [3.63, 3.8) is 0 Å². The van der Waals surface area contributed by atoms with Gasteiger partial charge in [0.15, 0.2) is 0 Å². The summed E-state index contributed by atoms with van der Waals surface area (Å²) in [6.07, 6.45) is 4.03. The first-order valence-electron chi connectivity index (χ1n) is 6.64. The fourth-order valence-corrected chi connectivity index (χ4v) is 2.78. The Bertz CT molecular complexity index is 388. The highest BCUT2D eigenvalue weighted by Crippen LogP contribution is 2.29. The van der Waals surface area contributed by atoms with Gasteiger partial charge in [0.1, 0.15) is 0 Å². The van der Waals surface area contributed by atoms with Gasteiger partial charge in [0.2, 0.25) is 0 Å². The Balaban J connectivity index is 1.97. The maximum Gasteiger partial charge on any atom is 0.0791 e. The van der Waals surface area contributed by atoms with Gasteiger partial charge < -0.3 is 9.84 Å². The molecule has 18 heavy (non-hydrogen) atoms. The van der Waals surface area contributed by atoms with Crippen LogP contribution in [0.15, 0.2) is 16.6 Å². The summed E-state index contributed by atoms with van der Waals surface area (Å²) in [5.41, 5.74) is 3.38. The van der Waals surface area contributed by atoms with Gasteiger partial charge in [-0.15, -0.1) is 0 Å². The van der Waals surface area contributed by atoms with E-state index in [0.717, 1.165) is 42.3 Å². The predicted octanol–water partition coefficient (Wildman–Crippen LogP) is 4.06. The van der Waals surface area contributed by atoms with E-state index in [4.69, 9.17) is 4.74 Å². The maximum absolute atomic E-state index is 10.2. The Morgan fingerprint density at radius 1 is 1.39 bits per heavy atom. The molecule has 1 heterocycles. The first-order chi connectivity index (χ1) is 8.58. The SMILES string of the molecule is Cc1cc(C(O)CCC2CCCO2)cc(C)c1Br. The molecular weight excluding hydrogens is 292 g/mol. The van der Waals surface area contributed by atoms with Gasteiger partial charge in [-0.3, -0.25) is 0 Å². The monoisotopic (exact) mass is 312 g/mol. The van der Waals surface area contributed by atoms with Gasteiger partial charge in [-0.25, -0.2) is 0 Å². The summed E-state index contributed by atoms with van der Waals surface area (Å²) < 4.78 is 6.72. The fourth-order valence-electron chi connectivity index (χ4n) is 2.55. The molecule has 1 aliphatic rings.